The van der Waals surface area contributed by atoms with Gasteiger partial charge in [0.1, 0.15) is 5.76 Å². The molecule has 3 rings (SSSR count). The molecule has 6 nitrogen and oxygen atoms in total. The van der Waals surface area contributed by atoms with E-state index < -0.39 is 0 Å². The van der Waals surface area contributed by atoms with Gasteiger partial charge in [0.15, 0.2) is 5.96 Å². The zero-order valence-corrected chi connectivity index (χ0v) is 20.2. The Labute approximate surface area is 196 Å². The number of nitrogens with zero attached hydrogens (tertiary/aromatic N) is 2. The lowest BCUT2D eigenvalue weighted by Crippen LogP contribution is -2.39. The van der Waals surface area contributed by atoms with Crippen LogP contribution in [0.15, 0.2) is 58.1 Å². The van der Waals surface area contributed by atoms with Crippen molar-refractivity contribution in [3.05, 3.63) is 60.1 Å². The summed E-state index contributed by atoms with van der Waals surface area (Å²) in [6, 6.07) is 14.2. The van der Waals surface area contributed by atoms with E-state index in [1.807, 2.05) is 42.3 Å². The first-order valence-corrected chi connectivity index (χ1v) is 10.5. The number of carbonyl (C=O) groups excluding carboxylic acids is 1. The predicted octanol–water partition coefficient (Wildman–Crippen LogP) is 4.00. The number of likely N-dealkylation sites (tertiary alicyclic amines) is 1. The quantitative estimate of drug-likeness (QED) is 0.225. The molecule has 0 spiro atoms. The van der Waals surface area contributed by atoms with Crippen molar-refractivity contribution >= 4 is 35.8 Å². The van der Waals surface area contributed by atoms with Gasteiger partial charge >= 0.3 is 0 Å². The van der Waals surface area contributed by atoms with Crippen LogP contribution in [0.1, 0.15) is 43.6 Å². The van der Waals surface area contributed by atoms with Crippen LogP contribution in [-0.2, 0) is 11.2 Å². The number of benzene rings is 1. The van der Waals surface area contributed by atoms with Crippen molar-refractivity contribution < 1.29 is 9.21 Å². The van der Waals surface area contributed by atoms with Crippen molar-refractivity contribution in [1.29, 1.82) is 0 Å². The van der Waals surface area contributed by atoms with E-state index >= 15 is 0 Å². The fraction of sp³-hybridized carbons (Fsp3) is 0.478. The van der Waals surface area contributed by atoms with E-state index in [2.05, 4.69) is 29.7 Å². The van der Waals surface area contributed by atoms with E-state index in [0.29, 0.717) is 13.0 Å². The molecule has 164 valence electrons. The highest BCUT2D eigenvalue weighted by molar-refractivity contribution is 14.0. The number of rotatable bonds is 9. The highest BCUT2D eigenvalue weighted by Gasteiger charge is 2.38. The number of furan rings is 1. The van der Waals surface area contributed by atoms with Gasteiger partial charge in [0.25, 0.3) is 0 Å². The molecule has 1 fully saturated rings. The Bertz CT molecular complexity index is 780. The van der Waals surface area contributed by atoms with Crippen LogP contribution in [0.5, 0.6) is 0 Å². The van der Waals surface area contributed by atoms with E-state index in [-0.39, 0.29) is 41.8 Å². The maximum Gasteiger partial charge on any atom is 0.223 e. The lowest BCUT2D eigenvalue weighted by Gasteiger charge is -2.25. The van der Waals surface area contributed by atoms with Gasteiger partial charge < -0.3 is 20.0 Å². The van der Waals surface area contributed by atoms with E-state index in [9.17, 15) is 4.79 Å². The number of hydrogen-bond donors (Lipinski definition) is 2. The molecular formula is C23H33IN4O2. The molecule has 2 unspecified atom stereocenters. The fourth-order valence-corrected chi connectivity index (χ4v) is 3.79. The summed E-state index contributed by atoms with van der Waals surface area (Å²) in [6.45, 7) is 4.41. The van der Waals surface area contributed by atoms with Crippen LogP contribution in [0.25, 0.3) is 0 Å². The number of unbranched alkanes of at least 4 members (excludes halogenated alkanes) is 1. The first kappa shape index (κ1) is 24.2. The van der Waals surface area contributed by atoms with Gasteiger partial charge in [-0.15, -0.1) is 24.0 Å². The Hall–Kier alpha value is -2.03. The second-order valence-corrected chi connectivity index (χ2v) is 7.55. The van der Waals surface area contributed by atoms with Gasteiger partial charge in [-0.3, -0.25) is 9.79 Å². The summed E-state index contributed by atoms with van der Waals surface area (Å²) >= 11 is 0. The van der Waals surface area contributed by atoms with E-state index in [1.165, 1.54) is 5.56 Å². The highest BCUT2D eigenvalue weighted by Crippen LogP contribution is 2.36. The average Bonchev–Trinajstić information content (AvgIpc) is 3.35. The van der Waals surface area contributed by atoms with Crippen molar-refractivity contribution in [1.82, 2.24) is 15.5 Å². The third kappa shape index (κ3) is 6.75. The molecule has 0 radical (unpaired) electrons. The minimum Gasteiger partial charge on any atom is -0.469 e. The molecule has 0 bridgehead atoms. The smallest absolute Gasteiger partial charge is 0.223 e. The van der Waals surface area contributed by atoms with Gasteiger partial charge in [0, 0.05) is 45.4 Å². The van der Waals surface area contributed by atoms with Crippen LogP contribution in [0.2, 0.25) is 0 Å². The van der Waals surface area contributed by atoms with Gasteiger partial charge in [-0.2, -0.15) is 0 Å². The molecule has 2 N–H and O–H groups in total. The third-order valence-electron chi connectivity index (χ3n) is 5.39. The van der Waals surface area contributed by atoms with Crippen LogP contribution in [0, 0.1) is 5.92 Å². The molecule has 30 heavy (non-hydrogen) atoms. The molecule has 1 aromatic heterocycles. The lowest BCUT2D eigenvalue weighted by molar-refractivity contribution is -0.127. The second kappa shape index (κ2) is 12.6. The molecular weight excluding hydrogens is 491 g/mol. The fourth-order valence-electron chi connectivity index (χ4n) is 3.79. The summed E-state index contributed by atoms with van der Waals surface area (Å²) in [7, 11) is 1.89. The molecule has 2 atom stereocenters. The number of carbonyl (C=O) groups is 1. The van der Waals surface area contributed by atoms with Crippen molar-refractivity contribution in [2.75, 3.05) is 26.7 Å². The molecule has 7 heteroatoms. The van der Waals surface area contributed by atoms with Gasteiger partial charge in [-0.1, -0.05) is 43.7 Å². The summed E-state index contributed by atoms with van der Waals surface area (Å²) in [5.74, 6) is 2.12. The van der Waals surface area contributed by atoms with Crippen molar-refractivity contribution in [2.45, 2.75) is 38.6 Å². The summed E-state index contributed by atoms with van der Waals surface area (Å²) in [5, 5.41) is 6.81. The minimum absolute atomic E-state index is 0. The van der Waals surface area contributed by atoms with E-state index in [4.69, 9.17) is 9.41 Å². The largest absolute Gasteiger partial charge is 0.469 e. The van der Waals surface area contributed by atoms with Crippen molar-refractivity contribution in [2.24, 2.45) is 10.9 Å². The molecule has 2 heterocycles. The van der Waals surface area contributed by atoms with Gasteiger partial charge in [0.2, 0.25) is 5.91 Å². The van der Waals surface area contributed by atoms with Gasteiger partial charge in [-0.05, 0) is 24.1 Å². The molecule has 2 aromatic rings. The standard InChI is InChI=1S/C23H32N4O2.HI/c1-3-4-13-24-23(25-14-12-20-11-8-15-29-20)26-17-19-16-21(28)27(2)22(19)18-9-6-5-7-10-18;/h5-11,15,19,22H,3-4,12-14,16-17H2,1-2H3,(H2,24,25,26);1H. The van der Waals surface area contributed by atoms with Crippen LogP contribution < -0.4 is 10.6 Å². The Morgan fingerprint density at radius 2 is 1.93 bits per heavy atom. The van der Waals surface area contributed by atoms with E-state index in [0.717, 1.165) is 44.1 Å². The van der Waals surface area contributed by atoms with Crippen LogP contribution >= 0.6 is 24.0 Å². The maximum atomic E-state index is 12.4. The lowest BCUT2D eigenvalue weighted by atomic mass is 9.94. The number of halogens is 1. The Morgan fingerprint density at radius 1 is 1.17 bits per heavy atom. The van der Waals surface area contributed by atoms with Crippen LogP contribution in [-0.4, -0.2) is 43.4 Å². The predicted molar refractivity (Wildman–Crippen MR) is 131 cm³/mol. The second-order valence-electron chi connectivity index (χ2n) is 7.55. The summed E-state index contributed by atoms with van der Waals surface area (Å²) in [6.07, 6.45) is 5.26. The Morgan fingerprint density at radius 3 is 2.63 bits per heavy atom. The minimum atomic E-state index is 0. The molecule has 1 aromatic carbocycles. The molecule has 1 saturated heterocycles. The zero-order valence-electron chi connectivity index (χ0n) is 17.8. The number of guanidine groups is 1. The molecule has 1 aliphatic rings. The average molecular weight is 524 g/mol. The zero-order chi connectivity index (χ0) is 20.5. The SMILES string of the molecule is CCCCNC(=NCC1CC(=O)N(C)C1c1ccccc1)NCCc1ccco1.I. The highest BCUT2D eigenvalue weighted by atomic mass is 127. The number of aliphatic imine (C=N–C) groups is 1. The molecule has 1 aliphatic heterocycles. The maximum absolute atomic E-state index is 12.4. The molecule has 1 amide bonds. The molecule has 0 aliphatic carbocycles. The number of hydrogen-bond acceptors (Lipinski definition) is 3. The summed E-state index contributed by atoms with van der Waals surface area (Å²) in [4.78, 5) is 19.1. The van der Waals surface area contributed by atoms with Crippen LogP contribution in [0.4, 0.5) is 0 Å². The summed E-state index contributed by atoms with van der Waals surface area (Å²) < 4.78 is 5.40. The number of nitrogens with one attached hydrogen (secondary N) is 2. The third-order valence-corrected chi connectivity index (χ3v) is 5.39. The number of amides is 1. The molecule has 0 saturated carbocycles. The topological polar surface area (TPSA) is 69.9 Å². The van der Waals surface area contributed by atoms with Crippen LogP contribution in [0.3, 0.4) is 0 Å². The normalized spacial score (nSPS) is 18.9. The van der Waals surface area contributed by atoms with E-state index in [1.54, 1.807) is 6.26 Å². The van der Waals surface area contributed by atoms with Gasteiger partial charge in [0.05, 0.1) is 12.3 Å². The summed E-state index contributed by atoms with van der Waals surface area (Å²) in [5.41, 5.74) is 1.17. The monoisotopic (exact) mass is 524 g/mol. The Balaban J connectivity index is 0.00000320. The van der Waals surface area contributed by atoms with Gasteiger partial charge in [-0.25, -0.2) is 0 Å². The first-order valence-electron chi connectivity index (χ1n) is 10.5. The Kier molecular flexibility index (Phi) is 10.2. The van der Waals surface area contributed by atoms with Crippen molar-refractivity contribution in [3.63, 3.8) is 0 Å². The first-order chi connectivity index (χ1) is 14.2. The van der Waals surface area contributed by atoms with Crippen molar-refractivity contribution in [3.8, 4) is 0 Å².